The van der Waals surface area contributed by atoms with E-state index in [1.165, 1.54) is 12.1 Å². The average molecular weight is 170 g/mol. The Kier molecular flexibility index (Phi) is 2.53. The van der Waals surface area contributed by atoms with Crippen molar-refractivity contribution in [3.63, 3.8) is 0 Å². The van der Waals surface area contributed by atoms with E-state index in [9.17, 15) is 4.39 Å². The molecule has 0 bridgehead atoms. The van der Waals surface area contributed by atoms with E-state index in [0.29, 0.717) is 12.0 Å². The van der Waals surface area contributed by atoms with Gasteiger partial charge in [0.05, 0.1) is 0 Å². The quantitative estimate of drug-likeness (QED) is 0.668. The number of rotatable bonds is 2. The molecule has 3 heteroatoms. The first kappa shape index (κ1) is 8.84. The van der Waals surface area contributed by atoms with Crippen LogP contribution < -0.4 is 0 Å². The fourth-order valence-electron chi connectivity index (χ4n) is 1.06. The van der Waals surface area contributed by atoms with E-state index < -0.39 is 17.3 Å². The van der Waals surface area contributed by atoms with Crippen molar-refractivity contribution in [2.75, 3.05) is 0 Å². The van der Waals surface area contributed by atoms with Gasteiger partial charge in [-0.15, -0.1) is 0 Å². The Balaban J connectivity index is 3.08. The lowest BCUT2D eigenvalue weighted by atomic mass is 10.1. The molecule has 12 heavy (non-hydrogen) atoms. The molecule has 0 aliphatic heterocycles. The molecule has 0 atom stereocenters. The van der Waals surface area contributed by atoms with Gasteiger partial charge in [-0.2, -0.15) is 0 Å². The molecule has 0 amide bonds. The number of halogens is 1. The monoisotopic (exact) mass is 170 g/mol. The second-order valence-electron chi connectivity index (χ2n) is 2.66. The third-order valence-electron chi connectivity index (χ3n) is 1.69. The van der Waals surface area contributed by atoms with Crippen LogP contribution in [0.1, 0.15) is 18.9 Å². The van der Waals surface area contributed by atoms with E-state index in [1.54, 1.807) is 0 Å². The van der Waals surface area contributed by atoms with Gasteiger partial charge in [-0.25, -0.2) is 4.39 Å². The maximum absolute atomic E-state index is 13.0. The fourth-order valence-corrected chi connectivity index (χ4v) is 1.06. The number of aromatic hydroxyl groups is 2. The Morgan fingerprint density at radius 2 is 2.00 bits per heavy atom. The lowest BCUT2D eigenvalue weighted by Crippen LogP contribution is -1.89. The van der Waals surface area contributed by atoms with Crippen LogP contribution >= 0.6 is 0 Å². The average Bonchev–Trinajstić information content (AvgIpc) is 2.07. The van der Waals surface area contributed by atoms with Crippen molar-refractivity contribution in [1.29, 1.82) is 0 Å². The summed E-state index contributed by atoms with van der Waals surface area (Å²) in [7, 11) is 0. The first-order chi connectivity index (χ1) is 5.66. The highest BCUT2D eigenvalue weighted by atomic mass is 19.1. The molecule has 1 aromatic carbocycles. The minimum atomic E-state index is -0.711. The first-order valence-electron chi connectivity index (χ1n) is 3.86. The van der Waals surface area contributed by atoms with Crippen LogP contribution in [-0.4, -0.2) is 10.2 Å². The molecular weight excluding hydrogens is 159 g/mol. The summed E-state index contributed by atoms with van der Waals surface area (Å²) in [6.07, 6.45) is 1.38. The van der Waals surface area contributed by atoms with Gasteiger partial charge in [0.1, 0.15) is 0 Å². The minimum absolute atomic E-state index is 0.410. The van der Waals surface area contributed by atoms with Crippen LogP contribution in [0.3, 0.4) is 0 Å². The lowest BCUT2D eigenvalue weighted by molar-refractivity contribution is 0.376. The molecule has 0 saturated carbocycles. The summed E-state index contributed by atoms with van der Waals surface area (Å²) < 4.78 is 13.0. The fraction of sp³-hybridized carbons (Fsp3) is 0.333. The highest BCUT2D eigenvalue weighted by Gasteiger charge is 2.10. The summed E-state index contributed by atoms with van der Waals surface area (Å²) in [4.78, 5) is 0. The van der Waals surface area contributed by atoms with E-state index >= 15 is 0 Å². The topological polar surface area (TPSA) is 40.5 Å². The Morgan fingerprint density at radius 1 is 1.33 bits per heavy atom. The van der Waals surface area contributed by atoms with Crippen molar-refractivity contribution in [3.05, 3.63) is 23.5 Å². The number of phenolic OH excluding ortho intramolecular Hbond substituents is 2. The molecule has 0 aromatic heterocycles. The highest BCUT2D eigenvalue weighted by Crippen LogP contribution is 2.29. The molecule has 0 saturated heterocycles. The van der Waals surface area contributed by atoms with E-state index in [4.69, 9.17) is 10.2 Å². The maximum Gasteiger partial charge on any atom is 0.194 e. The number of hydrogen-bond acceptors (Lipinski definition) is 2. The Hall–Kier alpha value is -1.25. The minimum Gasteiger partial charge on any atom is -0.504 e. The van der Waals surface area contributed by atoms with Crippen LogP contribution in [0, 0.1) is 5.82 Å². The summed E-state index contributed by atoms with van der Waals surface area (Å²) in [5.74, 6) is -1.77. The highest BCUT2D eigenvalue weighted by molar-refractivity contribution is 5.42. The van der Waals surface area contributed by atoms with Crippen LogP contribution in [-0.2, 0) is 6.42 Å². The van der Waals surface area contributed by atoms with Crippen molar-refractivity contribution in [2.45, 2.75) is 19.8 Å². The van der Waals surface area contributed by atoms with E-state index in [1.807, 2.05) is 6.92 Å². The smallest absolute Gasteiger partial charge is 0.194 e. The molecule has 66 valence electrons. The van der Waals surface area contributed by atoms with Gasteiger partial charge >= 0.3 is 0 Å². The van der Waals surface area contributed by atoms with Crippen molar-refractivity contribution >= 4 is 0 Å². The Morgan fingerprint density at radius 3 is 2.58 bits per heavy atom. The molecule has 0 aliphatic carbocycles. The molecule has 0 fully saturated rings. The Labute approximate surface area is 70.3 Å². The number of phenols is 2. The zero-order valence-corrected chi connectivity index (χ0v) is 6.84. The number of hydrogen-bond donors (Lipinski definition) is 2. The standard InChI is InChI=1S/C9H11FO2/c1-2-3-6-4-5-7(11)9(12)8(6)10/h4-5,11-12H,2-3H2,1H3. The second kappa shape index (κ2) is 3.43. The molecule has 1 aromatic rings. The van der Waals surface area contributed by atoms with E-state index in [2.05, 4.69) is 0 Å². The van der Waals surface area contributed by atoms with Crippen LogP contribution in [0.25, 0.3) is 0 Å². The predicted molar refractivity (Wildman–Crippen MR) is 43.7 cm³/mol. The van der Waals surface area contributed by atoms with Gasteiger partial charge in [-0.05, 0) is 18.1 Å². The molecule has 2 N–H and O–H groups in total. The molecule has 1 rings (SSSR count). The molecule has 0 spiro atoms. The van der Waals surface area contributed by atoms with Crippen LogP contribution in [0.5, 0.6) is 11.5 Å². The van der Waals surface area contributed by atoms with Crippen molar-refractivity contribution in [2.24, 2.45) is 0 Å². The van der Waals surface area contributed by atoms with Crippen LogP contribution in [0.2, 0.25) is 0 Å². The third kappa shape index (κ3) is 1.49. The summed E-state index contributed by atoms with van der Waals surface area (Å²) in [6.45, 7) is 1.92. The summed E-state index contributed by atoms with van der Waals surface area (Å²) >= 11 is 0. The van der Waals surface area contributed by atoms with Crippen LogP contribution in [0.4, 0.5) is 4.39 Å². The van der Waals surface area contributed by atoms with Crippen molar-refractivity contribution in [1.82, 2.24) is 0 Å². The van der Waals surface area contributed by atoms with Gasteiger partial charge in [0.15, 0.2) is 17.3 Å². The lowest BCUT2D eigenvalue weighted by Gasteiger charge is -2.03. The van der Waals surface area contributed by atoms with Crippen molar-refractivity contribution in [3.8, 4) is 11.5 Å². The summed E-state index contributed by atoms with van der Waals surface area (Å²) in [5.41, 5.74) is 0.438. The van der Waals surface area contributed by atoms with Gasteiger partial charge in [0.25, 0.3) is 0 Å². The zero-order chi connectivity index (χ0) is 9.14. The van der Waals surface area contributed by atoms with Crippen LogP contribution in [0.15, 0.2) is 12.1 Å². The molecule has 0 unspecified atom stereocenters. The largest absolute Gasteiger partial charge is 0.504 e. The second-order valence-corrected chi connectivity index (χ2v) is 2.66. The maximum atomic E-state index is 13.0. The van der Waals surface area contributed by atoms with Crippen molar-refractivity contribution < 1.29 is 14.6 Å². The van der Waals surface area contributed by atoms with E-state index in [-0.39, 0.29) is 0 Å². The zero-order valence-electron chi connectivity index (χ0n) is 6.84. The summed E-state index contributed by atoms with van der Waals surface area (Å²) in [6, 6.07) is 2.78. The Bertz CT molecular complexity index is 284. The molecular formula is C9H11FO2. The van der Waals surface area contributed by atoms with Gasteiger partial charge in [0, 0.05) is 0 Å². The first-order valence-corrected chi connectivity index (χ1v) is 3.86. The molecule has 0 aliphatic rings. The number of benzene rings is 1. The normalized spacial score (nSPS) is 10.2. The predicted octanol–water partition coefficient (Wildman–Crippen LogP) is 2.19. The molecule has 2 nitrogen and oxygen atoms in total. The third-order valence-corrected chi connectivity index (χ3v) is 1.69. The van der Waals surface area contributed by atoms with Gasteiger partial charge in [0.2, 0.25) is 0 Å². The SMILES string of the molecule is CCCc1ccc(O)c(O)c1F. The molecule has 0 radical (unpaired) electrons. The van der Waals surface area contributed by atoms with Gasteiger partial charge in [-0.3, -0.25) is 0 Å². The number of aryl methyl sites for hydroxylation is 1. The van der Waals surface area contributed by atoms with Gasteiger partial charge in [-0.1, -0.05) is 19.4 Å². The van der Waals surface area contributed by atoms with Gasteiger partial charge < -0.3 is 10.2 Å². The molecule has 0 heterocycles. The van der Waals surface area contributed by atoms with E-state index in [0.717, 1.165) is 6.42 Å². The summed E-state index contributed by atoms with van der Waals surface area (Å²) in [5, 5.41) is 17.9.